The lowest BCUT2D eigenvalue weighted by molar-refractivity contribution is 0.148. The molecule has 170 valence electrons. The SMILES string of the molecule is Cc1c(O)c(-c2ccc3nc(N4CC[C@@H](N[C@H]5C[C@@H](F)C5)C4)ccc3n2)cc2cn(C)nc12. The van der Waals surface area contributed by atoms with Crippen molar-refractivity contribution in [3.8, 4) is 17.0 Å². The number of nitrogens with one attached hydrogen (secondary N) is 1. The summed E-state index contributed by atoms with van der Waals surface area (Å²) in [7, 11) is 1.87. The summed E-state index contributed by atoms with van der Waals surface area (Å²) in [4.78, 5) is 11.9. The predicted octanol–water partition coefficient (Wildman–Crippen LogP) is 3.87. The second kappa shape index (κ2) is 7.66. The molecule has 4 heterocycles. The van der Waals surface area contributed by atoms with Gasteiger partial charge in [-0.05, 0) is 56.5 Å². The Morgan fingerprint density at radius 2 is 1.88 bits per heavy atom. The molecule has 1 aliphatic heterocycles. The number of alkyl halides is 1. The fourth-order valence-corrected chi connectivity index (χ4v) is 5.08. The smallest absolute Gasteiger partial charge is 0.130 e. The van der Waals surface area contributed by atoms with Crippen LogP contribution >= 0.6 is 0 Å². The van der Waals surface area contributed by atoms with Gasteiger partial charge < -0.3 is 15.3 Å². The highest BCUT2D eigenvalue weighted by Crippen LogP contribution is 2.36. The van der Waals surface area contributed by atoms with E-state index >= 15 is 0 Å². The number of aromatic hydroxyl groups is 1. The zero-order chi connectivity index (χ0) is 22.7. The minimum absolute atomic E-state index is 0.207. The maximum absolute atomic E-state index is 13.1. The van der Waals surface area contributed by atoms with Gasteiger partial charge in [-0.3, -0.25) is 4.68 Å². The van der Waals surface area contributed by atoms with Crippen molar-refractivity contribution in [3.05, 3.63) is 42.1 Å². The summed E-state index contributed by atoms with van der Waals surface area (Å²) in [5, 5.41) is 19.8. The molecule has 0 radical (unpaired) electrons. The van der Waals surface area contributed by atoms with Gasteiger partial charge in [0.2, 0.25) is 0 Å². The Morgan fingerprint density at radius 1 is 1.09 bits per heavy atom. The third kappa shape index (κ3) is 3.58. The lowest BCUT2D eigenvalue weighted by atomic mass is 9.90. The van der Waals surface area contributed by atoms with Crippen LogP contribution < -0.4 is 10.2 Å². The average molecular weight is 447 g/mol. The molecule has 6 rings (SSSR count). The average Bonchev–Trinajstić information content (AvgIpc) is 3.41. The minimum Gasteiger partial charge on any atom is -0.507 e. The van der Waals surface area contributed by atoms with E-state index in [2.05, 4.69) is 15.3 Å². The Hall–Kier alpha value is -3.26. The van der Waals surface area contributed by atoms with Crippen molar-refractivity contribution in [1.29, 1.82) is 0 Å². The maximum Gasteiger partial charge on any atom is 0.130 e. The van der Waals surface area contributed by atoms with E-state index < -0.39 is 6.17 Å². The van der Waals surface area contributed by atoms with E-state index in [0.29, 0.717) is 36.2 Å². The minimum atomic E-state index is -0.628. The molecule has 2 N–H and O–H groups in total. The quantitative estimate of drug-likeness (QED) is 0.496. The topological polar surface area (TPSA) is 79.1 Å². The van der Waals surface area contributed by atoms with Gasteiger partial charge in [-0.1, -0.05) is 0 Å². The first-order valence-corrected chi connectivity index (χ1v) is 11.5. The lowest BCUT2D eigenvalue weighted by Crippen LogP contribution is -2.48. The van der Waals surface area contributed by atoms with Crippen LogP contribution in [0.1, 0.15) is 24.8 Å². The van der Waals surface area contributed by atoms with Crippen molar-refractivity contribution in [1.82, 2.24) is 25.1 Å². The molecule has 1 aliphatic carbocycles. The fourth-order valence-electron chi connectivity index (χ4n) is 5.08. The molecule has 4 aromatic rings. The molecule has 7 nitrogen and oxygen atoms in total. The van der Waals surface area contributed by atoms with Crippen molar-refractivity contribution < 1.29 is 9.50 Å². The highest BCUT2D eigenvalue weighted by Gasteiger charge is 2.33. The number of aryl methyl sites for hydroxylation is 2. The number of nitrogens with zero attached hydrogens (tertiary/aromatic N) is 5. The van der Waals surface area contributed by atoms with E-state index in [9.17, 15) is 9.50 Å². The summed E-state index contributed by atoms with van der Waals surface area (Å²) >= 11 is 0. The molecule has 33 heavy (non-hydrogen) atoms. The molecule has 0 unspecified atom stereocenters. The second-order valence-corrected chi connectivity index (χ2v) is 9.41. The summed E-state index contributed by atoms with van der Waals surface area (Å²) in [6.07, 6.45) is 3.64. The van der Waals surface area contributed by atoms with Crippen LogP contribution in [0, 0.1) is 6.92 Å². The van der Waals surface area contributed by atoms with Gasteiger partial charge in [-0.25, -0.2) is 14.4 Å². The van der Waals surface area contributed by atoms with Gasteiger partial charge in [0.1, 0.15) is 17.7 Å². The molecular weight excluding hydrogens is 419 g/mol. The Labute approximate surface area is 191 Å². The largest absolute Gasteiger partial charge is 0.507 e. The van der Waals surface area contributed by atoms with Crippen LogP contribution in [0.5, 0.6) is 5.75 Å². The van der Waals surface area contributed by atoms with Gasteiger partial charge in [0.25, 0.3) is 0 Å². The number of hydrogen-bond acceptors (Lipinski definition) is 6. The Morgan fingerprint density at radius 3 is 2.70 bits per heavy atom. The van der Waals surface area contributed by atoms with Crippen LogP contribution in [-0.4, -0.2) is 56.2 Å². The summed E-state index contributed by atoms with van der Waals surface area (Å²) in [5.74, 6) is 1.15. The number of pyridine rings is 2. The van der Waals surface area contributed by atoms with Crippen LogP contribution in [0.2, 0.25) is 0 Å². The summed E-state index contributed by atoms with van der Waals surface area (Å²) in [6, 6.07) is 10.5. The first kappa shape index (κ1) is 20.4. The van der Waals surface area contributed by atoms with Crippen molar-refractivity contribution in [3.63, 3.8) is 0 Å². The molecular formula is C25H27FN6O. The van der Waals surface area contributed by atoms with Crippen molar-refractivity contribution in [2.75, 3.05) is 18.0 Å². The Balaban J connectivity index is 1.26. The van der Waals surface area contributed by atoms with Crippen LogP contribution in [-0.2, 0) is 7.05 Å². The highest BCUT2D eigenvalue weighted by molar-refractivity contribution is 5.91. The van der Waals surface area contributed by atoms with E-state index in [1.54, 1.807) is 4.68 Å². The number of fused-ring (bicyclic) bond motifs is 2. The van der Waals surface area contributed by atoms with Crippen molar-refractivity contribution >= 4 is 27.8 Å². The molecule has 1 saturated heterocycles. The summed E-state index contributed by atoms with van der Waals surface area (Å²) in [6.45, 7) is 3.70. The first-order valence-electron chi connectivity index (χ1n) is 11.5. The Bertz CT molecular complexity index is 1360. The van der Waals surface area contributed by atoms with Gasteiger partial charge in [0, 0.05) is 54.9 Å². The van der Waals surface area contributed by atoms with Crippen molar-refractivity contribution in [2.45, 2.75) is 44.4 Å². The number of benzene rings is 1. The standard InChI is InChI=1S/C25H27FN6O/c1-14-24-15(12-31(2)30-24)9-19(25(14)33)20-3-4-22-21(28-20)5-6-23(29-22)32-8-7-17(13-32)27-18-10-16(26)11-18/h3-6,9,12,16-18,27,33H,7-8,10-11,13H2,1-2H3/t16-,17-,18+/m1/s1. The van der Waals surface area contributed by atoms with E-state index in [1.807, 2.05) is 50.5 Å². The predicted molar refractivity (Wildman–Crippen MR) is 127 cm³/mol. The van der Waals surface area contributed by atoms with E-state index in [0.717, 1.165) is 52.8 Å². The number of anilines is 1. The van der Waals surface area contributed by atoms with Crippen LogP contribution in [0.15, 0.2) is 36.5 Å². The summed E-state index contributed by atoms with van der Waals surface area (Å²) in [5.41, 5.74) is 4.56. The molecule has 1 aromatic carbocycles. The van der Waals surface area contributed by atoms with E-state index in [1.165, 1.54) is 0 Å². The number of halogens is 1. The molecule has 2 fully saturated rings. The zero-order valence-electron chi connectivity index (χ0n) is 18.8. The third-order valence-corrected chi connectivity index (χ3v) is 6.99. The molecule has 8 heteroatoms. The number of aromatic nitrogens is 4. The Kier molecular flexibility index (Phi) is 4.72. The van der Waals surface area contributed by atoms with E-state index in [-0.39, 0.29) is 5.75 Å². The number of hydrogen-bond donors (Lipinski definition) is 2. The van der Waals surface area contributed by atoms with Gasteiger partial charge in [-0.15, -0.1) is 0 Å². The number of phenolic OH excluding ortho intramolecular Hbond substituents is 1. The highest BCUT2D eigenvalue weighted by atomic mass is 19.1. The third-order valence-electron chi connectivity index (χ3n) is 6.99. The molecule has 1 saturated carbocycles. The van der Waals surface area contributed by atoms with Gasteiger partial charge in [0.15, 0.2) is 0 Å². The number of phenols is 1. The number of rotatable bonds is 4. The van der Waals surface area contributed by atoms with Gasteiger partial charge >= 0.3 is 0 Å². The molecule has 0 amide bonds. The maximum atomic E-state index is 13.1. The zero-order valence-corrected chi connectivity index (χ0v) is 18.8. The van der Waals surface area contributed by atoms with Gasteiger partial charge in [-0.2, -0.15) is 5.10 Å². The molecule has 0 bridgehead atoms. The molecule has 3 aromatic heterocycles. The lowest BCUT2D eigenvalue weighted by Gasteiger charge is -2.33. The first-order chi connectivity index (χ1) is 15.9. The monoisotopic (exact) mass is 446 g/mol. The molecule has 1 atom stereocenters. The van der Waals surface area contributed by atoms with Gasteiger partial charge in [0.05, 0.1) is 22.2 Å². The van der Waals surface area contributed by atoms with Crippen LogP contribution in [0.4, 0.5) is 10.2 Å². The fraction of sp³-hybridized carbons (Fsp3) is 0.400. The van der Waals surface area contributed by atoms with Crippen molar-refractivity contribution in [2.24, 2.45) is 7.05 Å². The summed E-state index contributed by atoms with van der Waals surface area (Å²) < 4.78 is 14.8. The molecule has 2 aliphatic rings. The normalized spacial score (nSPS) is 22.9. The molecule has 0 spiro atoms. The van der Waals surface area contributed by atoms with Crippen LogP contribution in [0.25, 0.3) is 33.2 Å². The van der Waals surface area contributed by atoms with Crippen LogP contribution in [0.3, 0.4) is 0 Å². The second-order valence-electron chi connectivity index (χ2n) is 9.41. The van der Waals surface area contributed by atoms with E-state index in [4.69, 9.17) is 9.97 Å².